The Bertz CT molecular complexity index is 1710. The number of ether oxygens (including phenoxy) is 1. The molecule has 2 unspecified atom stereocenters. The molecule has 5 rings (SSSR count). The van der Waals surface area contributed by atoms with Crippen LogP contribution in [0.3, 0.4) is 0 Å². The van der Waals surface area contributed by atoms with Crippen LogP contribution in [0.4, 0.5) is 16.4 Å². The van der Waals surface area contributed by atoms with E-state index in [1.165, 1.54) is 0 Å². The third kappa shape index (κ3) is 7.83. The number of nitrogens with one attached hydrogen (secondary N) is 4. The molecule has 0 bridgehead atoms. The Labute approximate surface area is 270 Å². The van der Waals surface area contributed by atoms with E-state index in [9.17, 15) is 4.79 Å². The van der Waals surface area contributed by atoms with Gasteiger partial charge < -0.3 is 30.6 Å². The van der Waals surface area contributed by atoms with Crippen molar-refractivity contribution in [2.45, 2.75) is 52.3 Å². The SMILES string of the molecule is CN(C)CCn1cc(N/C(=C\C(=N)C(C)(C)C)NC(=O)NC2CCC(Oc3ccc4nnc(N(C)C)n4c3)c3ccccc32)cn1. The highest BCUT2D eigenvalue weighted by Gasteiger charge is 2.30. The van der Waals surface area contributed by atoms with Gasteiger partial charge in [0.2, 0.25) is 5.95 Å². The third-order valence-electron chi connectivity index (χ3n) is 7.81. The molecule has 0 radical (unpaired) electrons. The number of hydrogen-bond donors (Lipinski definition) is 4. The molecule has 0 fully saturated rings. The highest BCUT2D eigenvalue weighted by molar-refractivity contribution is 5.97. The summed E-state index contributed by atoms with van der Waals surface area (Å²) in [6, 6.07) is 11.3. The van der Waals surface area contributed by atoms with Gasteiger partial charge in [-0.05, 0) is 50.2 Å². The number of carbonyl (C=O) groups excluding carboxylic acids is 1. The van der Waals surface area contributed by atoms with Gasteiger partial charge >= 0.3 is 6.03 Å². The average Bonchev–Trinajstić information content (AvgIpc) is 3.63. The molecule has 13 heteroatoms. The van der Waals surface area contributed by atoms with Gasteiger partial charge in [0.1, 0.15) is 17.7 Å². The first-order valence-corrected chi connectivity index (χ1v) is 15.5. The largest absolute Gasteiger partial charge is 0.484 e. The van der Waals surface area contributed by atoms with Crippen LogP contribution in [-0.2, 0) is 6.54 Å². The van der Waals surface area contributed by atoms with Gasteiger partial charge in [0.05, 0.1) is 30.7 Å². The van der Waals surface area contributed by atoms with E-state index in [1.807, 2.05) is 106 Å². The zero-order valence-corrected chi connectivity index (χ0v) is 27.7. The number of carbonyl (C=O) groups is 1. The predicted molar refractivity (Wildman–Crippen MR) is 180 cm³/mol. The van der Waals surface area contributed by atoms with Crippen LogP contribution in [0, 0.1) is 10.8 Å². The Kier molecular flexibility index (Phi) is 9.61. The highest BCUT2D eigenvalue weighted by atomic mass is 16.5. The first kappa shape index (κ1) is 32.5. The fourth-order valence-corrected chi connectivity index (χ4v) is 5.21. The topological polar surface area (TPSA) is 141 Å². The van der Waals surface area contributed by atoms with Crippen molar-refractivity contribution in [2.75, 3.05) is 45.0 Å². The van der Waals surface area contributed by atoms with Gasteiger partial charge in [0.25, 0.3) is 0 Å². The van der Waals surface area contributed by atoms with Crippen molar-refractivity contribution in [3.05, 3.63) is 78.0 Å². The van der Waals surface area contributed by atoms with Crippen LogP contribution in [0.25, 0.3) is 5.65 Å². The molecule has 2 amide bonds. The zero-order chi connectivity index (χ0) is 33.0. The van der Waals surface area contributed by atoms with E-state index in [-0.39, 0.29) is 18.2 Å². The molecule has 1 aromatic carbocycles. The molecule has 46 heavy (non-hydrogen) atoms. The molecule has 0 saturated heterocycles. The van der Waals surface area contributed by atoms with Crippen molar-refractivity contribution in [1.29, 1.82) is 5.41 Å². The normalized spacial score (nSPS) is 16.7. The number of hydrogen-bond acceptors (Lipinski definition) is 9. The van der Waals surface area contributed by atoms with E-state index >= 15 is 0 Å². The second-order valence-corrected chi connectivity index (χ2v) is 13.1. The number of anilines is 2. The molecule has 0 spiro atoms. The maximum Gasteiger partial charge on any atom is 0.320 e. The minimum Gasteiger partial charge on any atom is -0.484 e. The lowest BCUT2D eigenvalue weighted by atomic mass is 9.85. The predicted octanol–water partition coefficient (Wildman–Crippen LogP) is 4.83. The van der Waals surface area contributed by atoms with Crippen LogP contribution in [0.1, 0.15) is 56.9 Å². The molecule has 0 aliphatic heterocycles. The standard InChI is InChI=1S/C33H45N11O2/c1-33(2,3)28(34)18-29(36-22-19-35-43(20-22)17-16-41(4)5)38-31(45)37-26-13-14-27(25-11-9-8-10-24(25)26)46-23-12-15-30-39-40-32(42(6)7)44(30)21-23/h8-12,15,18-21,26-27,34,36H,13-14,16-17H2,1-7H3,(H2,37,38,45)/b29-18+,34-28?. The maximum absolute atomic E-state index is 13.4. The quantitative estimate of drug-likeness (QED) is 0.174. The van der Waals surface area contributed by atoms with Crippen LogP contribution < -0.4 is 25.6 Å². The van der Waals surface area contributed by atoms with E-state index in [2.05, 4.69) is 42.2 Å². The molecule has 244 valence electrons. The smallest absolute Gasteiger partial charge is 0.320 e. The molecule has 1 aliphatic carbocycles. The number of allylic oxidation sites excluding steroid dienone is 1. The summed E-state index contributed by atoms with van der Waals surface area (Å²) < 4.78 is 10.3. The van der Waals surface area contributed by atoms with E-state index in [1.54, 1.807) is 12.3 Å². The summed E-state index contributed by atoms with van der Waals surface area (Å²) in [4.78, 5) is 17.4. The average molecular weight is 628 g/mol. The van der Waals surface area contributed by atoms with Crippen LogP contribution in [-0.4, -0.2) is 75.8 Å². The van der Waals surface area contributed by atoms with Crippen LogP contribution in [0.15, 0.2) is 66.9 Å². The third-order valence-corrected chi connectivity index (χ3v) is 7.81. The number of pyridine rings is 1. The molecule has 1 aliphatic rings. The Balaban J connectivity index is 1.29. The number of amides is 2. The van der Waals surface area contributed by atoms with Crippen LogP contribution in [0.5, 0.6) is 5.75 Å². The molecule has 0 saturated carbocycles. The minimum atomic E-state index is -0.398. The Morgan fingerprint density at radius 2 is 1.83 bits per heavy atom. The first-order chi connectivity index (χ1) is 21.9. The minimum absolute atomic E-state index is 0.178. The molecule has 13 nitrogen and oxygen atoms in total. The van der Waals surface area contributed by atoms with E-state index in [0.29, 0.717) is 30.1 Å². The summed E-state index contributed by atoms with van der Waals surface area (Å²) >= 11 is 0. The van der Waals surface area contributed by atoms with E-state index in [0.717, 1.165) is 41.5 Å². The lowest BCUT2D eigenvalue weighted by Crippen LogP contribution is -2.41. The zero-order valence-electron chi connectivity index (χ0n) is 27.7. The van der Waals surface area contributed by atoms with Crippen LogP contribution in [0.2, 0.25) is 0 Å². The second-order valence-electron chi connectivity index (χ2n) is 13.1. The molecule has 3 aromatic heterocycles. The molecule has 4 N–H and O–H groups in total. The fourth-order valence-electron chi connectivity index (χ4n) is 5.21. The van der Waals surface area contributed by atoms with Crippen molar-refractivity contribution in [3.8, 4) is 5.75 Å². The van der Waals surface area contributed by atoms with Crippen LogP contribution >= 0.6 is 0 Å². The second kappa shape index (κ2) is 13.6. The van der Waals surface area contributed by atoms with Gasteiger partial charge in [0.15, 0.2) is 5.65 Å². The summed E-state index contributed by atoms with van der Waals surface area (Å²) in [5.41, 5.74) is 3.48. The number of nitrogens with zero attached hydrogens (tertiary/aromatic N) is 7. The number of likely N-dealkylation sites (N-methyl/N-ethyl adjacent to an activating group) is 1. The summed E-state index contributed by atoms with van der Waals surface area (Å²) in [5.74, 6) is 1.83. The van der Waals surface area contributed by atoms with Gasteiger partial charge in [-0.2, -0.15) is 5.10 Å². The van der Waals surface area contributed by atoms with Gasteiger partial charge in [-0.15, -0.1) is 10.2 Å². The highest BCUT2D eigenvalue weighted by Crippen LogP contribution is 2.39. The summed E-state index contributed by atoms with van der Waals surface area (Å²) in [6.45, 7) is 7.48. The van der Waals surface area contributed by atoms with Crippen molar-refractivity contribution < 1.29 is 9.53 Å². The number of rotatable bonds is 11. The van der Waals surface area contributed by atoms with E-state index in [4.69, 9.17) is 10.1 Å². The Morgan fingerprint density at radius 3 is 2.54 bits per heavy atom. The molecular formula is C33H45N11O2. The number of aromatic nitrogens is 5. The number of benzene rings is 1. The summed E-state index contributed by atoms with van der Waals surface area (Å²) in [5, 5.41) is 30.9. The van der Waals surface area contributed by atoms with Gasteiger partial charge in [-0.25, -0.2) is 4.79 Å². The monoisotopic (exact) mass is 627 g/mol. The molecule has 4 aromatic rings. The van der Waals surface area contributed by atoms with Crippen molar-refractivity contribution in [2.24, 2.45) is 5.41 Å². The number of fused-ring (bicyclic) bond motifs is 2. The lowest BCUT2D eigenvalue weighted by molar-refractivity contribution is 0.171. The van der Waals surface area contributed by atoms with Gasteiger partial charge in [0, 0.05) is 44.0 Å². The maximum atomic E-state index is 13.4. The molecule has 3 heterocycles. The van der Waals surface area contributed by atoms with Gasteiger partial charge in [-0.3, -0.25) is 14.4 Å². The van der Waals surface area contributed by atoms with Crippen molar-refractivity contribution >= 4 is 29.0 Å². The first-order valence-electron chi connectivity index (χ1n) is 15.5. The summed E-state index contributed by atoms with van der Waals surface area (Å²) in [6.07, 6.45) is 8.39. The van der Waals surface area contributed by atoms with Crippen molar-refractivity contribution in [3.63, 3.8) is 0 Å². The Morgan fingerprint density at radius 1 is 1.07 bits per heavy atom. The molecule has 2 atom stereocenters. The summed E-state index contributed by atoms with van der Waals surface area (Å²) in [7, 11) is 7.89. The lowest BCUT2D eigenvalue weighted by Gasteiger charge is -2.32. The van der Waals surface area contributed by atoms with Gasteiger partial charge in [-0.1, -0.05) is 45.0 Å². The molecular weight excluding hydrogens is 582 g/mol. The van der Waals surface area contributed by atoms with E-state index < -0.39 is 5.41 Å². The fraction of sp³-hybridized carbons (Fsp3) is 0.424. The van der Waals surface area contributed by atoms with Crippen molar-refractivity contribution in [1.82, 2.24) is 39.9 Å². The number of urea groups is 1. The Hall–Kier alpha value is -4.91.